The summed E-state index contributed by atoms with van der Waals surface area (Å²) in [5.41, 5.74) is 4.21. The average Bonchev–Trinajstić information content (AvgIpc) is 3.06. The van der Waals surface area contributed by atoms with Gasteiger partial charge >= 0.3 is 0 Å². The van der Waals surface area contributed by atoms with Crippen LogP contribution in [0.4, 0.5) is 5.82 Å². The second-order valence-corrected chi connectivity index (χ2v) is 7.05. The van der Waals surface area contributed by atoms with Crippen molar-refractivity contribution in [1.82, 2.24) is 14.6 Å². The van der Waals surface area contributed by atoms with Crippen LogP contribution in [-0.2, 0) is 0 Å². The maximum absolute atomic E-state index is 9.28. The van der Waals surface area contributed by atoms with E-state index >= 15 is 0 Å². The molecule has 1 fully saturated rings. The second kappa shape index (κ2) is 6.84. The number of hydrogen-bond acceptors (Lipinski definition) is 4. The van der Waals surface area contributed by atoms with Crippen LogP contribution in [0.25, 0.3) is 16.9 Å². The summed E-state index contributed by atoms with van der Waals surface area (Å²) in [5.74, 6) is 1.35. The van der Waals surface area contributed by atoms with Crippen molar-refractivity contribution in [2.24, 2.45) is 5.92 Å². The number of benzene rings is 1. The van der Waals surface area contributed by atoms with E-state index in [2.05, 4.69) is 41.5 Å². The highest BCUT2D eigenvalue weighted by Gasteiger charge is 2.21. The van der Waals surface area contributed by atoms with Gasteiger partial charge in [-0.3, -0.25) is 0 Å². The number of fused-ring (bicyclic) bond motifs is 1. The lowest BCUT2D eigenvalue weighted by Crippen LogP contribution is -2.27. The minimum atomic E-state index is 0.311. The number of anilines is 1. The van der Waals surface area contributed by atoms with Crippen LogP contribution >= 0.6 is 0 Å². The Labute approximate surface area is 147 Å². The van der Waals surface area contributed by atoms with Crippen molar-refractivity contribution in [1.29, 1.82) is 0 Å². The molecule has 0 radical (unpaired) electrons. The smallest absolute Gasteiger partial charge is 0.154 e. The number of imidazole rings is 1. The van der Waals surface area contributed by atoms with E-state index in [0.29, 0.717) is 18.6 Å². The molecule has 1 aromatic carbocycles. The van der Waals surface area contributed by atoms with E-state index in [1.54, 1.807) is 0 Å². The predicted octanol–water partition coefficient (Wildman–Crippen LogP) is 3.67. The molecule has 0 spiro atoms. The molecule has 1 saturated carbocycles. The SMILES string of the molecule is Cc1cccc(-c2cnc3ccc(NC4CCC(CO)CC4)nn23)c1. The molecule has 3 aromatic rings. The molecule has 0 unspecified atom stereocenters. The fourth-order valence-electron chi connectivity index (χ4n) is 3.65. The Kier molecular flexibility index (Phi) is 4.40. The molecule has 2 heterocycles. The molecule has 1 aliphatic carbocycles. The summed E-state index contributed by atoms with van der Waals surface area (Å²) < 4.78 is 1.91. The largest absolute Gasteiger partial charge is 0.396 e. The predicted molar refractivity (Wildman–Crippen MR) is 99.6 cm³/mol. The van der Waals surface area contributed by atoms with Crippen LogP contribution in [0, 0.1) is 12.8 Å². The molecule has 0 amide bonds. The van der Waals surface area contributed by atoms with E-state index in [4.69, 9.17) is 5.10 Å². The summed E-state index contributed by atoms with van der Waals surface area (Å²) in [6.07, 6.45) is 6.21. The van der Waals surface area contributed by atoms with Gasteiger partial charge in [-0.1, -0.05) is 23.8 Å². The van der Waals surface area contributed by atoms with Gasteiger partial charge in [0.1, 0.15) is 5.82 Å². The number of aliphatic hydroxyl groups excluding tert-OH is 1. The van der Waals surface area contributed by atoms with Gasteiger partial charge in [-0.2, -0.15) is 0 Å². The topological polar surface area (TPSA) is 62.5 Å². The number of nitrogens with one attached hydrogen (secondary N) is 1. The number of aliphatic hydroxyl groups is 1. The van der Waals surface area contributed by atoms with Gasteiger partial charge in [-0.25, -0.2) is 9.50 Å². The lowest BCUT2D eigenvalue weighted by Gasteiger charge is -2.28. The zero-order chi connectivity index (χ0) is 17.2. The third-order valence-corrected chi connectivity index (χ3v) is 5.13. The van der Waals surface area contributed by atoms with Crippen LogP contribution in [0.5, 0.6) is 0 Å². The first-order chi connectivity index (χ1) is 12.2. The van der Waals surface area contributed by atoms with Crippen molar-refractivity contribution in [2.45, 2.75) is 38.6 Å². The zero-order valence-electron chi connectivity index (χ0n) is 14.5. The first kappa shape index (κ1) is 16.1. The van der Waals surface area contributed by atoms with Crippen LogP contribution in [-0.4, -0.2) is 32.4 Å². The van der Waals surface area contributed by atoms with E-state index in [1.165, 1.54) is 5.56 Å². The van der Waals surface area contributed by atoms with Crippen LogP contribution in [0.2, 0.25) is 0 Å². The quantitative estimate of drug-likeness (QED) is 0.763. The maximum Gasteiger partial charge on any atom is 0.154 e. The molecule has 0 atom stereocenters. The van der Waals surface area contributed by atoms with Gasteiger partial charge in [-0.05, 0) is 56.7 Å². The summed E-state index contributed by atoms with van der Waals surface area (Å²) in [4.78, 5) is 4.48. The second-order valence-electron chi connectivity index (χ2n) is 7.05. The van der Waals surface area contributed by atoms with Crippen LogP contribution < -0.4 is 5.32 Å². The minimum absolute atomic E-state index is 0.311. The van der Waals surface area contributed by atoms with Crippen molar-refractivity contribution in [3.63, 3.8) is 0 Å². The Bertz CT molecular complexity index is 865. The Morgan fingerprint density at radius 2 is 2.00 bits per heavy atom. The first-order valence-electron chi connectivity index (χ1n) is 9.02. The normalized spacial score (nSPS) is 20.7. The number of aryl methyl sites for hydroxylation is 1. The highest BCUT2D eigenvalue weighted by molar-refractivity contribution is 5.64. The molecule has 4 rings (SSSR count). The van der Waals surface area contributed by atoms with Gasteiger partial charge < -0.3 is 10.4 Å². The summed E-state index contributed by atoms with van der Waals surface area (Å²) in [5, 5.41) is 17.6. The molecule has 25 heavy (non-hydrogen) atoms. The van der Waals surface area contributed by atoms with E-state index in [9.17, 15) is 5.11 Å². The zero-order valence-corrected chi connectivity index (χ0v) is 14.5. The molecular weight excluding hydrogens is 312 g/mol. The molecule has 5 heteroatoms. The highest BCUT2D eigenvalue weighted by Crippen LogP contribution is 2.26. The van der Waals surface area contributed by atoms with Crippen molar-refractivity contribution < 1.29 is 5.11 Å². The molecule has 130 valence electrons. The van der Waals surface area contributed by atoms with Gasteiger partial charge in [0.2, 0.25) is 0 Å². The third kappa shape index (κ3) is 3.37. The fraction of sp³-hybridized carbons (Fsp3) is 0.400. The van der Waals surface area contributed by atoms with Gasteiger partial charge in [0, 0.05) is 18.2 Å². The van der Waals surface area contributed by atoms with Crippen molar-refractivity contribution in [2.75, 3.05) is 11.9 Å². The Morgan fingerprint density at radius 3 is 2.76 bits per heavy atom. The van der Waals surface area contributed by atoms with E-state index in [-0.39, 0.29) is 0 Å². The number of aromatic nitrogens is 3. The van der Waals surface area contributed by atoms with Crippen molar-refractivity contribution in [3.05, 3.63) is 48.2 Å². The van der Waals surface area contributed by atoms with E-state index in [0.717, 1.165) is 48.4 Å². The molecule has 1 aliphatic rings. The Hall–Kier alpha value is -2.40. The molecule has 0 bridgehead atoms. The van der Waals surface area contributed by atoms with Crippen LogP contribution in [0.3, 0.4) is 0 Å². The molecule has 5 nitrogen and oxygen atoms in total. The number of rotatable bonds is 4. The summed E-state index contributed by atoms with van der Waals surface area (Å²) in [7, 11) is 0. The van der Waals surface area contributed by atoms with Crippen LogP contribution in [0.15, 0.2) is 42.6 Å². The first-order valence-corrected chi connectivity index (χ1v) is 9.02. The van der Waals surface area contributed by atoms with Gasteiger partial charge in [-0.15, -0.1) is 5.10 Å². The number of hydrogen-bond donors (Lipinski definition) is 2. The number of nitrogens with zero attached hydrogens (tertiary/aromatic N) is 3. The lowest BCUT2D eigenvalue weighted by molar-refractivity contribution is 0.185. The molecule has 2 aromatic heterocycles. The van der Waals surface area contributed by atoms with E-state index in [1.807, 2.05) is 22.8 Å². The highest BCUT2D eigenvalue weighted by atomic mass is 16.3. The standard InChI is InChI=1S/C20H24N4O/c1-14-3-2-4-16(11-14)18-12-21-20-10-9-19(23-24(18)20)22-17-7-5-15(13-25)6-8-17/h2-4,9-12,15,17,25H,5-8,13H2,1H3,(H,22,23). The fourth-order valence-corrected chi connectivity index (χ4v) is 3.65. The van der Waals surface area contributed by atoms with E-state index < -0.39 is 0 Å². The molecular formula is C20H24N4O. The van der Waals surface area contributed by atoms with Crippen molar-refractivity contribution in [3.8, 4) is 11.3 Å². The Balaban J connectivity index is 1.58. The van der Waals surface area contributed by atoms with Crippen molar-refractivity contribution >= 4 is 11.5 Å². The maximum atomic E-state index is 9.28. The minimum Gasteiger partial charge on any atom is -0.396 e. The molecule has 2 N–H and O–H groups in total. The molecule has 0 aliphatic heterocycles. The van der Waals surface area contributed by atoms with Gasteiger partial charge in [0.25, 0.3) is 0 Å². The van der Waals surface area contributed by atoms with Crippen LogP contribution in [0.1, 0.15) is 31.2 Å². The third-order valence-electron chi connectivity index (χ3n) is 5.13. The Morgan fingerprint density at radius 1 is 1.16 bits per heavy atom. The summed E-state index contributed by atoms with van der Waals surface area (Å²) >= 11 is 0. The summed E-state index contributed by atoms with van der Waals surface area (Å²) in [6, 6.07) is 12.8. The average molecular weight is 336 g/mol. The molecule has 0 saturated heterocycles. The monoisotopic (exact) mass is 336 g/mol. The lowest BCUT2D eigenvalue weighted by atomic mass is 9.86. The van der Waals surface area contributed by atoms with Gasteiger partial charge in [0.15, 0.2) is 5.65 Å². The van der Waals surface area contributed by atoms with Gasteiger partial charge in [0.05, 0.1) is 11.9 Å². The summed E-state index contributed by atoms with van der Waals surface area (Å²) in [6.45, 7) is 2.40.